The first-order chi connectivity index (χ1) is 15.7. The van der Waals surface area contributed by atoms with E-state index < -0.39 is 20.0 Å². The molecule has 8 heteroatoms. The average molecular weight is 464 g/mol. The molecule has 1 amide bonds. The van der Waals surface area contributed by atoms with Crippen LogP contribution in [0, 0.1) is 0 Å². The van der Waals surface area contributed by atoms with Crippen LogP contribution in [0.4, 0.5) is 0 Å². The molecule has 0 bridgehead atoms. The molecule has 1 N–H and O–H groups in total. The number of carbonyl (C=O) groups excluding carboxylic acids is 2. The predicted molar refractivity (Wildman–Crippen MR) is 131 cm³/mol. The highest BCUT2D eigenvalue weighted by atomic mass is 28.3. The summed E-state index contributed by atoms with van der Waals surface area (Å²) >= 11 is 0. The second-order valence-electron chi connectivity index (χ2n) is 8.91. The van der Waals surface area contributed by atoms with Gasteiger partial charge in [0, 0.05) is 18.7 Å². The van der Waals surface area contributed by atoms with Crippen LogP contribution in [0.1, 0.15) is 17.2 Å². The Morgan fingerprint density at radius 3 is 2.27 bits per heavy atom. The third-order valence-electron chi connectivity index (χ3n) is 5.38. The van der Waals surface area contributed by atoms with E-state index >= 15 is 0 Å². The Hall–Kier alpha value is -3.52. The van der Waals surface area contributed by atoms with Crippen LogP contribution in [0.25, 0.3) is 0 Å². The number of ether oxygens (including phenoxy) is 1. The molecular formula is C25H29N3O4Si. The maximum Gasteiger partial charge on any atom is 0.253 e. The standard InChI is InChI=1S/C25H29N3O4Si/c1-32-20-9-7-19(8-10-20)25(27-23(30)16-28-17-26-14-13-24(28)31)22(29)15-18-5-11-21(12-6-18)33(2,3)4/h5-14,17,25H,15-16H2,1-4H3,(H,27,30). The molecule has 0 aliphatic heterocycles. The fourth-order valence-electron chi connectivity index (χ4n) is 3.43. The molecule has 3 rings (SSSR count). The Morgan fingerprint density at radius 1 is 1.03 bits per heavy atom. The lowest BCUT2D eigenvalue weighted by Crippen LogP contribution is -2.38. The van der Waals surface area contributed by atoms with Gasteiger partial charge in [0.1, 0.15) is 18.3 Å². The number of methoxy groups -OCH3 is 1. The van der Waals surface area contributed by atoms with E-state index in [-0.39, 0.29) is 24.3 Å². The van der Waals surface area contributed by atoms with Gasteiger partial charge < -0.3 is 10.1 Å². The van der Waals surface area contributed by atoms with Gasteiger partial charge in [-0.2, -0.15) is 0 Å². The van der Waals surface area contributed by atoms with Gasteiger partial charge in [-0.3, -0.25) is 19.0 Å². The van der Waals surface area contributed by atoms with E-state index in [4.69, 9.17) is 4.74 Å². The summed E-state index contributed by atoms with van der Waals surface area (Å²) in [6.07, 6.45) is 2.84. The van der Waals surface area contributed by atoms with Crippen molar-refractivity contribution < 1.29 is 14.3 Å². The van der Waals surface area contributed by atoms with Gasteiger partial charge in [0.15, 0.2) is 5.78 Å². The highest BCUT2D eigenvalue weighted by Gasteiger charge is 2.24. The Balaban J connectivity index is 1.81. The molecule has 172 valence electrons. The maximum atomic E-state index is 13.3. The third kappa shape index (κ3) is 6.49. The van der Waals surface area contributed by atoms with Gasteiger partial charge >= 0.3 is 0 Å². The quantitative estimate of drug-likeness (QED) is 0.493. The number of nitrogens with zero attached hydrogens (tertiary/aromatic N) is 2. The van der Waals surface area contributed by atoms with Gasteiger partial charge in [0.05, 0.1) is 21.5 Å². The fourth-order valence-corrected chi connectivity index (χ4v) is 4.60. The summed E-state index contributed by atoms with van der Waals surface area (Å²) in [5.74, 6) is 0.0567. The Morgan fingerprint density at radius 2 is 1.70 bits per heavy atom. The number of amides is 1. The molecule has 33 heavy (non-hydrogen) atoms. The van der Waals surface area contributed by atoms with Gasteiger partial charge in [-0.05, 0) is 23.3 Å². The van der Waals surface area contributed by atoms with Crippen molar-refractivity contribution in [3.8, 4) is 5.75 Å². The minimum atomic E-state index is -1.43. The number of hydrogen-bond acceptors (Lipinski definition) is 5. The van der Waals surface area contributed by atoms with Gasteiger partial charge in [0.25, 0.3) is 5.56 Å². The van der Waals surface area contributed by atoms with E-state index in [1.54, 1.807) is 31.4 Å². The molecule has 2 aromatic carbocycles. The summed E-state index contributed by atoms with van der Waals surface area (Å²) in [6, 6.07) is 15.6. The van der Waals surface area contributed by atoms with Gasteiger partial charge in [0.2, 0.25) is 5.91 Å². The zero-order valence-corrected chi connectivity index (χ0v) is 20.4. The maximum absolute atomic E-state index is 13.3. The largest absolute Gasteiger partial charge is 0.497 e. The summed E-state index contributed by atoms with van der Waals surface area (Å²) in [5.41, 5.74) is 1.19. The van der Waals surface area contributed by atoms with Gasteiger partial charge in [-0.25, -0.2) is 4.98 Å². The lowest BCUT2D eigenvalue weighted by Gasteiger charge is -2.20. The Kier molecular flexibility index (Phi) is 7.60. The van der Waals surface area contributed by atoms with E-state index in [1.807, 2.05) is 12.1 Å². The number of nitrogens with one attached hydrogen (secondary N) is 1. The zero-order chi connectivity index (χ0) is 24.0. The molecule has 0 fully saturated rings. The Bertz CT molecular complexity index is 1170. The number of aromatic nitrogens is 2. The van der Waals surface area contributed by atoms with Crippen LogP contribution in [0.3, 0.4) is 0 Å². The van der Waals surface area contributed by atoms with Crippen molar-refractivity contribution in [2.45, 2.75) is 38.6 Å². The first-order valence-corrected chi connectivity index (χ1v) is 14.2. The van der Waals surface area contributed by atoms with Crippen LogP contribution in [-0.2, 0) is 22.6 Å². The molecule has 7 nitrogen and oxygen atoms in total. The summed E-state index contributed by atoms with van der Waals surface area (Å²) < 4.78 is 6.40. The summed E-state index contributed by atoms with van der Waals surface area (Å²) in [4.78, 5) is 41.8. The topological polar surface area (TPSA) is 90.3 Å². The fraction of sp³-hybridized carbons (Fsp3) is 0.280. The molecule has 0 radical (unpaired) electrons. The van der Waals surface area contributed by atoms with E-state index in [9.17, 15) is 14.4 Å². The SMILES string of the molecule is COc1ccc(C(NC(=O)Cn2cnccc2=O)C(=O)Cc2ccc([Si](C)(C)C)cc2)cc1. The number of rotatable bonds is 9. The predicted octanol–water partition coefficient (Wildman–Crippen LogP) is 2.47. The number of Topliss-reactive ketones (excluding diaryl/α,β-unsaturated/α-hetero) is 1. The average Bonchev–Trinajstić information content (AvgIpc) is 2.79. The number of benzene rings is 2. The van der Waals surface area contributed by atoms with Crippen LogP contribution >= 0.6 is 0 Å². The molecule has 0 spiro atoms. The van der Waals surface area contributed by atoms with Crippen molar-refractivity contribution >= 4 is 25.0 Å². The molecule has 0 saturated carbocycles. The highest BCUT2D eigenvalue weighted by molar-refractivity contribution is 6.88. The monoisotopic (exact) mass is 463 g/mol. The molecular weight excluding hydrogens is 434 g/mol. The van der Waals surface area contributed by atoms with E-state index in [1.165, 1.54) is 28.3 Å². The minimum Gasteiger partial charge on any atom is -0.497 e. The van der Waals surface area contributed by atoms with Crippen LogP contribution in [0.5, 0.6) is 5.75 Å². The first-order valence-electron chi connectivity index (χ1n) is 10.7. The van der Waals surface area contributed by atoms with Crippen molar-refractivity contribution in [3.05, 3.63) is 88.6 Å². The van der Waals surface area contributed by atoms with Gasteiger partial charge in [-0.15, -0.1) is 0 Å². The number of ketones is 1. The van der Waals surface area contributed by atoms with Crippen molar-refractivity contribution in [2.75, 3.05) is 7.11 Å². The Labute approximate surface area is 194 Å². The molecule has 0 aliphatic carbocycles. The molecule has 0 aliphatic rings. The van der Waals surface area contributed by atoms with Crippen LogP contribution < -0.4 is 20.8 Å². The van der Waals surface area contributed by atoms with Crippen LogP contribution in [0.15, 0.2) is 71.9 Å². The molecule has 3 aromatic rings. The van der Waals surface area contributed by atoms with Crippen molar-refractivity contribution in [2.24, 2.45) is 0 Å². The third-order valence-corrected chi connectivity index (χ3v) is 7.45. The second-order valence-corrected chi connectivity index (χ2v) is 14.0. The van der Waals surface area contributed by atoms with Crippen molar-refractivity contribution in [1.29, 1.82) is 0 Å². The van der Waals surface area contributed by atoms with Crippen LogP contribution in [0.2, 0.25) is 19.6 Å². The summed E-state index contributed by atoms with van der Waals surface area (Å²) in [6.45, 7) is 6.60. The number of hydrogen-bond donors (Lipinski definition) is 1. The van der Waals surface area contributed by atoms with Gasteiger partial charge in [-0.1, -0.05) is 61.2 Å². The number of carbonyl (C=O) groups is 2. The lowest BCUT2D eigenvalue weighted by molar-refractivity contribution is -0.128. The highest BCUT2D eigenvalue weighted by Crippen LogP contribution is 2.20. The smallest absolute Gasteiger partial charge is 0.253 e. The molecule has 1 unspecified atom stereocenters. The molecule has 1 heterocycles. The normalized spacial score (nSPS) is 12.1. The van der Waals surface area contributed by atoms with E-state index in [0.717, 1.165) is 5.56 Å². The minimum absolute atomic E-state index is 0.146. The van der Waals surface area contributed by atoms with Crippen LogP contribution in [-0.4, -0.2) is 36.4 Å². The molecule has 1 atom stereocenters. The summed E-state index contributed by atoms with van der Waals surface area (Å²) in [7, 11) is 0.134. The van der Waals surface area contributed by atoms with E-state index in [2.05, 4.69) is 42.1 Å². The summed E-state index contributed by atoms with van der Waals surface area (Å²) in [5, 5.41) is 4.11. The second kappa shape index (κ2) is 10.4. The van der Waals surface area contributed by atoms with Crippen molar-refractivity contribution in [1.82, 2.24) is 14.9 Å². The molecule has 1 aromatic heterocycles. The first kappa shape index (κ1) is 24.1. The van der Waals surface area contributed by atoms with E-state index in [0.29, 0.717) is 11.3 Å². The van der Waals surface area contributed by atoms with Crippen molar-refractivity contribution in [3.63, 3.8) is 0 Å². The molecule has 0 saturated heterocycles. The lowest BCUT2D eigenvalue weighted by atomic mass is 9.97. The zero-order valence-electron chi connectivity index (χ0n) is 19.4.